The third kappa shape index (κ3) is 4.31. The normalized spacial score (nSPS) is 20.7. The summed E-state index contributed by atoms with van der Waals surface area (Å²) in [6.45, 7) is 10.0. The third-order valence-corrected chi connectivity index (χ3v) is 5.98. The summed E-state index contributed by atoms with van der Waals surface area (Å²) < 4.78 is 28.3. The summed E-state index contributed by atoms with van der Waals surface area (Å²) in [5.41, 5.74) is 0.117. The SMILES string of the molecule is Cc1ccc([N+](=O)[O-])cc1S(=O)(=O)NC1CC(C)(C)[NH2+]C(C)(C)C1. The molecule has 0 radical (unpaired) electrons. The number of nitrogens with one attached hydrogen (secondary N) is 1. The Morgan fingerprint density at radius 1 is 1.21 bits per heavy atom. The van der Waals surface area contributed by atoms with Crippen molar-refractivity contribution in [1.29, 1.82) is 0 Å². The van der Waals surface area contributed by atoms with E-state index in [1.165, 1.54) is 12.1 Å². The minimum Gasteiger partial charge on any atom is -0.337 e. The van der Waals surface area contributed by atoms with Gasteiger partial charge in [0.1, 0.15) is 0 Å². The summed E-state index contributed by atoms with van der Waals surface area (Å²) >= 11 is 0. The first-order valence-corrected chi connectivity index (χ1v) is 9.44. The standard InChI is InChI=1S/C16H25N3O4S/c1-11-6-7-13(19(20)21)8-14(11)24(22,23)17-12-9-15(2,3)18-16(4,5)10-12/h6-8,12,17-18H,9-10H2,1-5H3/p+1. The van der Waals surface area contributed by atoms with Crippen LogP contribution in [0.3, 0.4) is 0 Å². The van der Waals surface area contributed by atoms with Gasteiger partial charge in [-0.15, -0.1) is 0 Å². The molecule has 1 aliphatic heterocycles. The Hall–Kier alpha value is -1.51. The molecule has 1 heterocycles. The van der Waals surface area contributed by atoms with Crippen LogP contribution in [0.1, 0.15) is 46.1 Å². The van der Waals surface area contributed by atoms with E-state index in [2.05, 4.69) is 37.7 Å². The second-order valence-electron chi connectivity index (χ2n) is 8.05. The number of hydrogen-bond donors (Lipinski definition) is 2. The first-order chi connectivity index (χ1) is 10.8. The van der Waals surface area contributed by atoms with Gasteiger partial charge in [-0.2, -0.15) is 0 Å². The molecular weight excluding hydrogens is 330 g/mol. The van der Waals surface area contributed by atoms with E-state index >= 15 is 0 Å². The Kier molecular flexibility index (Phi) is 4.78. The summed E-state index contributed by atoms with van der Waals surface area (Å²) in [4.78, 5) is 10.3. The van der Waals surface area contributed by atoms with Crippen LogP contribution >= 0.6 is 0 Å². The van der Waals surface area contributed by atoms with Crippen molar-refractivity contribution in [3.8, 4) is 0 Å². The second-order valence-corrected chi connectivity index (χ2v) is 9.74. The number of benzene rings is 1. The summed E-state index contributed by atoms with van der Waals surface area (Å²) in [5.74, 6) is 0. The summed E-state index contributed by atoms with van der Waals surface area (Å²) in [5, 5.41) is 13.2. The average Bonchev–Trinajstić information content (AvgIpc) is 2.33. The fourth-order valence-corrected chi connectivity index (χ4v) is 5.38. The number of nitrogens with two attached hydrogens (primary N) is 1. The van der Waals surface area contributed by atoms with Crippen molar-refractivity contribution in [3.63, 3.8) is 0 Å². The largest absolute Gasteiger partial charge is 0.337 e. The minimum atomic E-state index is -3.82. The van der Waals surface area contributed by atoms with Gasteiger partial charge >= 0.3 is 0 Å². The molecule has 0 atom stereocenters. The molecule has 1 saturated heterocycles. The molecule has 0 saturated carbocycles. The average molecular weight is 356 g/mol. The summed E-state index contributed by atoms with van der Waals surface area (Å²) in [7, 11) is -3.82. The van der Waals surface area contributed by atoms with Crippen LogP contribution in [0.15, 0.2) is 23.1 Å². The molecule has 7 nitrogen and oxygen atoms in total. The van der Waals surface area contributed by atoms with Gasteiger partial charge in [-0.1, -0.05) is 6.07 Å². The van der Waals surface area contributed by atoms with Crippen LogP contribution in [0.25, 0.3) is 0 Å². The van der Waals surface area contributed by atoms with Gasteiger partial charge in [-0.3, -0.25) is 10.1 Å². The number of rotatable bonds is 4. The van der Waals surface area contributed by atoms with Gasteiger partial charge in [-0.05, 0) is 40.2 Å². The predicted octanol–water partition coefficient (Wildman–Crippen LogP) is 1.46. The fourth-order valence-electron chi connectivity index (χ4n) is 3.88. The first-order valence-electron chi connectivity index (χ1n) is 7.96. The number of nitro groups is 1. The van der Waals surface area contributed by atoms with Crippen molar-refractivity contribution in [2.75, 3.05) is 0 Å². The van der Waals surface area contributed by atoms with E-state index in [0.29, 0.717) is 18.4 Å². The van der Waals surface area contributed by atoms with E-state index in [0.717, 1.165) is 6.07 Å². The van der Waals surface area contributed by atoms with Crippen LogP contribution in [0.5, 0.6) is 0 Å². The van der Waals surface area contributed by atoms with Gasteiger partial charge < -0.3 is 5.32 Å². The lowest BCUT2D eigenvalue weighted by Gasteiger charge is -2.43. The Morgan fingerprint density at radius 3 is 2.25 bits per heavy atom. The molecule has 1 fully saturated rings. The van der Waals surface area contributed by atoms with Crippen LogP contribution in [-0.2, 0) is 10.0 Å². The maximum absolute atomic E-state index is 12.8. The monoisotopic (exact) mass is 356 g/mol. The van der Waals surface area contributed by atoms with Crippen molar-refractivity contribution in [1.82, 2.24) is 4.72 Å². The highest BCUT2D eigenvalue weighted by atomic mass is 32.2. The molecule has 0 unspecified atom stereocenters. The van der Waals surface area contributed by atoms with E-state index in [4.69, 9.17) is 0 Å². The maximum Gasteiger partial charge on any atom is 0.270 e. The molecule has 0 spiro atoms. The van der Waals surface area contributed by atoms with Gasteiger partial charge in [-0.25, -0.2) is 13.1 Å². The van der Waals surface area contributed by atoms with Gasteiger partial charge in [0, 0.05) is 31.0 Å². The number of hydrogen-bond acceptors (Lipinski definition) is 4. The number of piperidine rings is 1. The van der Waals surface area contributed by atoms with Crippen molar-refractivity contribution in [2.45, 2.75) is 69.5 Å². The Morgan fingerprint density at radius 2 is 1.75 bits per heavy atom. The van der Waals surface area contributed by atoms with Crippen molar-refractivity contribution in [3.05, 3.63) is 33.9 Å². The molecule has 8 heteroatoms. The molecule has 1 aromatic rings. The Bertz CT molecular complexity index is 741. The van der Waals surface area contributed by atoms with Crippen LogP contribution in [0, 0.1) is 17.0 Å². The fraction of sp³-hybridized carbons (Fsp3) is 0.625. The van der Waals surface area contributed by atoms with Gasteiger partial charge in [0.15, 0.2) is 0 Å². The maximum atomic E-state index is 12.8. The predicted molar refractivity (Wildman–Crippen MR) is 91.3 cm³/mol. The van der Waals surface area contributed by atoms with E-state index in [-0.39, 0.29) is 27.7 Å². The number of non-ortho nitro benzene ring substituents is 1. The summed E-state index contributed by atoms with van der Waals surface area (Å²) in [6, 6.07) is 3.71. The molecule has 0 amide bonds. The molecule has 0 aliphatic carbocycles. The molecule has 134 valence electrons. The topological polar surface area (TPSA) is 106 Å². The number of aryl methyl sites for hydroxylation is 1. The Balaban J connectivity index is 2.32. The number of sulfonamides is 1. The minimum absolute atomic E-state index is 0.0261. The van der Waals surface area contributed by atoms with Crippen LogP contribution in [-0.4, -0.2) is 30.5 Å². The lowest BCUT2D eigenvalue weighted by Crippen LogP contribution is -3.06. The van der Waals surface area contributed by atoms with E-state index in [1.807, 2.05) is 0 Å². The summed E-state index contributed by atoms with van der Waals surface area (Å²) in [6.07, 6.45) is 1.40. The lowest BCUT2D eigenvalue weighted by molar-refractivity contribution is -0.787. The zero-order valence-electron chi connectivity index (χ0n) is 14.8. The van der Waals surface area contributed by atoms with E-state index in [9.17, 15) is 18.5 Å². The molecule has 1 aliphatic rings. The molecule has 0 bridgehead atoms. The van der Waals surface area contributed by atoms with Crippen molar-refractivity contribution in [2.24, 2.45) is 0 Å². The van der Waals surface area contributed by atoms with Crippen LogP contribution in [0.2, 0.25) is 0 Å². The number of nitro benzene ring substituents is 1. The van der Waals surface area contributed by atoms with Crippen molar-refractivity contribution >= 4 is 15.7 Å². The molecule has 2 rings (SSSR count). The smallest absolute Gasteiger partial charge is 0.270 e. The van der Waals surface area contributed by atoms with Gasteiger partial charge in [0.2, 0.25) is 10.0 Å². The van der Waals surface area contributed by atoms with Crippen LogP contribution < -0.4 is 10.0 Å². The second kappa shape index (κ2) is 6.09. The highest BCUT2D eigenvalue weighted by Crippen LogP contribution is 2.26. The molecule has 3 N–H and O–H groups in total. The van der Waals surface area contributed by atoms with Crippen LogP contribution in [0.4, 0.5) is 5.69 Å². The molecule has 24 heavy (non-hydrogen) atoms. The van der Waals surface area contributed by atoms with Crippen molar-refractivity contribution < 1.29 is 18.7 Å². The molecular formula is C16H26N3O4S+. The van der Waals surface area contributed by atoms with Gasteiger partial charge in [0.25, 0.3) is 5.69 Å². The zero-order chi connectivity index (χ0) is 18.3. The van der Waals surface area contributed by atoms with Gasteiger partial charge in [0.05, 0.1) is 20.9 Å². The van der Waals surface area contributed by atoms with E-state index < -0.39 is 14.9 Å². The van der Waals surface area contributed by atoms with E-state index in [1.54, 1.807) is 6.92 Å². The molecule has 0 aromatic heterocycles. The zero-order valence-corrected chi connectivity index (χ0v) is 15.6. The first kappa shape index (κ1) is 18.8. The molecule has 1 aromatic carbocycles. The highest BCUT2D eigenvalue weighted by molar-refractivity contribution is 7.89. The number of quaternary nitrogens is 1. The highest BCUT2D eigenvalue weighted by Gasteiger charge is 2.43. The lowest BCUT2D eigenvalue weighted by atomic mass is 9.80. The number of nitrogens with zero attached hydrogens (tertiary/aromatic N) is 1. The quantitative estimate of drug-likeness (QED) is 0.629. The Labute approximate surface area is 143 Å². The third-order valence-electron chi connectivity index (χ3n) is 4.32.